The molecular weight excluding hydrogens is 216 g/mol. The Morgan fingerprint density at radius 2 is 1.94 bits per heavy atom. The molecule has 0 bridgehead atoms. The fraction of sp³-hybridized carbons (Fsp3) is 0.100. The first-order chi connectivity index (χ1) is 7.49. The van der Waals surface area contributed by atoms with Gasteiger partial charge in [0.1, 0.15) is 11.6 Å². The van der Waals surface area contributed by atoms with Crippen LogP contribution in [0.1, 0.15) is 0 Å². The lowest BCUT2D eigenvalue weighted by Crippen LogP contribution is -1.96. The summed E-state index contributed by atoms with van der Waals surface area (Å²) in [6, 6.07) is 3.03. The van der Waals surface area contributed by atoms with Crippen molar-refractivity contribution in [2.75, 3.05) is 5.73 Å². The molecule has 0 aliphatic heterocycles. The van der Waals surface area contributed by atoms with Crippen LogP contribution < -0.4 is 5.73 Å². The van der Waals surface area contributed by atoms with Crippen molar-refractivity contribution < 1.29 is 13.9 Å². The fourth-order valence-electron chi connectivity index (χ4n) is 1.35. The molecule has 6 heteroatoms. The second-order valence-electron chi connectivity index (χ2n) is 3.36. The summed E-state index contributed by atoms with van der Waals surface area (Å²) in [4.78, 5) is 0. The summed E-state index contributed by atoms with van der Waals surface area (Å²) in [5.74, 6) is -2.09. The fourth-order valence-corrected chi connectivity index (χ4v) is 1.35. The van der Waals surface area contributed by atoms with E-state index in [0.29, 0.717) is 11.9 Å². The lowest BCUT2D eigenvalue weighted by molar-refractivity contribution is 0.428. The van der Waals surface area contributed by atoms with Crippen molar-refractivity contribution in [2.24, 2.45) is 7.05 Å². The first kappa shape index (κ1) is 10.4. The Morgan fingerprint density at radius 1 is 1.25 bits per heavy atom. The molecular formula is C10H9F2N3O. The molecule has 2 aromatic rings. The molecule has 4 nitrogen and oxygen atoms in total. The van der Waals surface area contributed by atoms with Crippen LogP contribution in [0.5, 0.6) is 5.75 Å². The smallest absolute Gasteiger partial charge is 0.167 e. The van der Waals surface area contributed by atoms with Crippen LogP contribution in [-0.2, 0) is 7.05 Å². The number of aromatic hydroxyl groups is 1. The third-order valence-corrected chi connectivity index (χ3v) is 2.23. The van der Waals surface area contributed by atoms with Crippen LogP contribution in [0.4, 0.5) is 14.6 Å². The van der Waals surface area contributed by atoms with Crippen molar-refractivity contribution in [1.82, 2.24) is 9.78 Å². The van der Waals surface area contributed by atoms with Crippen molar-refractivity contribution in [3.8, 4) is 17.0 Å². The van der Waals surface area contributed by atoms with Gasteiger partial charge < -0.3 is 10.8 Å². The molecule has 2 rings (SSSR count). The van der Waals surface area contributed by atoms with Gasteiger partial charge in [0.25, 0.3) is 0 Å². The van der Waals surface area contributed by atoms with Gasteiger partial charge in [0, 0.05) is 24.7 Å². The molecule has 0 saturated heterocycles. The Morgan fingerprint density at radius 3 is 2.50 bits per heavy atom. The number of benzene rings is 1. The first-order valence-electron chi connectivity index (χ1n) is 4.47. The number of phenols is 1. The third kappa shape index (κ3) is 1.58. The van der Waals surface area contributed by atoms with Gasteiger partial charge in [-0.1, -0.05) is 0 Å². The van der Waals surface area contributed by atoms with Crippen molar-refractivity contribution in [3.63, 3.8) is 0 Å². The van der Waals surface area contributed by atoms with Crippen LogP contribution in [0.25, 0.3) is 11.3 Å². The molecule has 3 N–H and O–H groups in total. The minimum atomic E-state index is -1.01. The molecule has 0 unspecified atom stereocenters. The molecule has 1 aromatic heterocycles. The number of hydrogen-bond donors (Lipinski definition) is 2. The highest BCUT2D eigenvalue weighted by molar-refractivity contribution is 5.64. The van der Waals surface area contributed by atoms with Crippen molar-refractivity contribution in [2.45, 2.75) is 0 Å². The second kappa shape index (κ2) is 3.48. The quantitative estimate of drug-likeness (QED) is 0.775. The predicted octanol–water partition coefficient (Wildman–Crippen LogP) is 1.65. The average molecular weight is 225 g/mol. The summed E-state index contributed by atoms with van der Waals surface area (Å²) < 4.78 is 27.6. The maximum absolute atomic E-state index is 13.4. The zero-order valence-corrected chi connectivity index (χ0v) is 8.41. The zero-order valence-electron chi connectivity index (χ0n) is 8.41. The summed E-state index contributed by atoms with van der Waals surface area (Å²) in [5, 5.41) is 13.1. The van der Waals surface area contributed by atoms with Crippen LogP contribution in [0.3, 0.4) is 0 Å². The highest BCUT2D eigenvalue weighted by atomic mass is 19.1. The summed E-state index contributed by atoms with van der Waals surface area (Å²) in [6.07, 6.45) is 0. The number of rotatable bonds is 1. The van der Waals surface area contributed by atoms with Gasteiger partial charge in [-0.25, -0.2) is 8.78 Å². The molecule has 1 aromatic carbocycles. The van der Waals surface area contributed by atoms with Gasteiger partial charge in [-0.05, 0) is 6.07 Å². The normalized spacial score (nSPS) is 10.7. The zero-order chi connectivity index (χ0) is 11.9. The van der Waals surface area contributed by atoms with E-state index >= 15 is 0 Å². The minimum Gasteiger partial charge on any atom is -0.505 e. The van der Waals surface area contributed by atoms with E-state index in [1.807, 2.05) is 0 Å². The van der Waals surface area contributed by atoms with Crippen molar-refractivity contribution in [3.05, 3.63) is 29.8 Å². The molecule has 1 heterocycles. The molecule has 0 aliphatic rings. The van der Waals surface area contributed by atoms with E-state index in [4.69, 9.17) is 10.8 Å². The lowest BCUT2D eigenvalue weighted by atomic mass is 10.1. The standard InChI is InChI=1S/C10H9F2N3O/c1-15-10(13)4-8(14-15)5-2-9(16)7(12)3-6(5)11/h2-4,16H,13H2,1H3. The number of nitrogen functional groups attached to an aromatic ring is 1. The van der Waals surface area contributed by atoms with E-state index in [9.17, 15) is 8.78 Å². The van der Waals surface area contributed by atoms with E-state index in [0.717, 1.165) is 6.07 Å². The van der Waals surface area contributed by atoms with Crippen LogP contribution in [0.2, 0.25) is 0 Å². The maximum Gasteiger partial charge on any atom is 0.167 e. The second-order valence-corrected chi connectivity index (χ2v) is 3.36. The molecule has 0 aliphatic carbocycles. The monoisotopic (exact) mass is 225 g/mol. The SMILES string of the molecule is Cn1nc(-c2cc(O)c(F)cc2F)cc1N. The van der Waals surface area contributed by atoms with Gasteiger partial charge in [-0.3, -0.25) is 4.68 Å². The highest BCUT2D eigenvalue weighted by Gasteiger charge is 2.14. The minimum absolute atomic E-state index is 0.00574. The number of aryl methyl sites for hydroxylation is 1. The molecule has 84 valence electrons. The number of phenolic OH excluding ortho intramolecular Hbond substituents is 1. The summed E-state index contributed by atoms with van der Waals surface area (Å²) in [6.45, 7) is 0. The Balaban J connectivity index is 2.60. The molecule has 0 atom stereocenters. The van der Waals surface area contributed by atoms with Gasteiger partial charge in [-0.15, -0.1) is 0 Å². The maximum atomic E-state index is 13.4. The third-order valence-electron chi connectivity index (χ3n) is 2.23. The van der Waals surface area contributed by atoms with Crippen LogP contribution in [0, 0.1) is 11.6 Å². The van der Waals surface area contributed by atoms with Crippen molar-refractivity contribution in [1.29, 1.82) is 0 Å². The summed E-state index contributed by atoms with van der Waals surface area (Å²) >= 11 is 0. The Kier molecular flexibility index (Phi) is 2.26. The number of aromatic nitrogens is 2. The van der Waals surface area contributed by atoms with Gasteiger partial charge in [0.05, 0.1) is 5.69 Å². The molecule has 0 fully saturated rings. The van der Waals surface area contributed by atoms with E-state index in [-0.39, 0.29) is 11.3 Å². The number of nitrogens with zero attached hydrogens (tertiary/aromatic N) is 2. The number of hydrogen-bond acceptors (Lipinski definition) is 3. The number of halogens is 2. The van der Waals surface area contributed by atoms with E-state index in [1.165, 1.54) is 10.7 Å². The number of anilines is 1. The molecule has 0 radical (unpaired) electrons. The van der Waals surface area contributed by atoms with E-state index in [2.05, 4.69) is 5.10 Å². The van der Waals surface area contributed by atoms with Gasteiger partial charge in [0.15, 0.2) is 11.6 Å². The van der Waals surface area contributed by atoms with Crippen LogP contribution in [0.15, 0.2) is 18.2 Å². The van der Waals surface area contributed by atoms with Crippen LogP contribution in [-0.4, -0.2) is 14.9 Å². The van der Waals surface area contributed by atoms with Crippen LogP contribution >= 0.6 is 0 Å². The van der Waals surface area contributed by atoms with Gasteiger partial charge >= 0.3 is 0 Å². The number of nitrogens with two attached hydrogens (primary N) is 1. The first-order valence-corrected chi connectivity index (χ1v) is 4.47. The predicted molar refractivity (Wildman–Crippen MR) is 54.6 cm³/mol. The lowest BCUT2D eigenvalue weighted by Gasteiger charge is -2.01. The largest absolute Gasteiger partial charge is 0.505 e. The van der Waals surface area contributed by atoms with E-state index in [1.54, 1.807) is 7.05 Å². The summed E-state index contributed by atoms with van der Waals surface area (Å²) in [7, 11) is 1.60. The Hall–Kier alpha value is -2.11. The van der Waals surface area contributed by atoms with Gasteiger partial charge in [0.2, 0.25) is 0 Å². The van der Waals surface area contributed by atoms with E-state index < -0.39 is 17.4 Å². The molecule has 0 saturated carbocycles. The van der Waals surface area contributed by atoms with Gasteiger partial charge in [-0.2, -0.15) is 5.10 Å². The average Bonchev–Trinajstić information content (AvgIpc) is 2.53. The van der Waals surface area contributed by atoms with Crippen molar-refractivity contribution >= 4 is 5.82 Å². The summed E-state index contributed by atoms with van der Waals surface area (Å²) in [5.41, 5.74) is 5.79. The Labute approximate surface area is 89.9 Å². The molecule has 0 amide bonds. The molecule has 16 heavy (non-hydrogen) atoms. The highest BCUT2D eigenvalue weighted by Crippen LogP contribution is 2.28. The topological polar surface area (TPSA) is 64.1 Å². The Bertz CT molecular complexity index is 532. The molecule has 0 spiro atoms.